The molecule has 0 fully saturated rings. The van der Waals surface area contributed by atoms with Gasteiger partial charge < -0.3 is 0 Å². The zero-order valence-electron chi connectivity index (χ0n) is 7.77. The van der Waals surface area contributed by atoms with Crippen molar-refractivity contribution >= 4 is 40.2 Å². The number of fused-ring (bicyclic) bond motifs is 1. The second-order valence-corrected chi connectivity index (χ2v) is 3.75. The Morgan fingerprint density at radius 3 is 3.14 bits per heavy atom. The summed E-state index contributed by atoms with van der Waals surface area (Å²) in [5.74, 6) is 0. The molecule has 0 saturated heterocycles. The average Bonchev–Trinajstić information content (AvgIpc) is 2.55. The number of aliphatic imine (C=N–C) groups is 2. The molecule has 0 aromatic carbocycles. The third-order valence-electron chi connectivity index (χ3n) is 1.87. The van der Waals surface area contributed by atoms with E-state index in [-0.39, 0.29) is 0 Å². The Bertz CT molecular complexity index is 499. The normalized spacial score (nSPS) is 11.2. The molecule has 0 aliphatic rings. The van der Waals surface area contributed by atoms with Crippen LogP contribution in [0, 0.1) is 0 Å². The van der Waals surface area contributed by atoms with Gasteiger partial charge in [-0.25, -0.2) is 4.98 Å². The number of hydrogen-bond acceptors (Lipinski definition) is 4. The molecule has 2 heterocycles. The summed E-state index contributed by atoms with van der Waals surface area (Å²) in [6.07, 6.45) is 3.56. The van der Waals surface area contributed by atoms with E-state index in [0.29, 0.717) is 0 Å². The van der Waals surface area contributed by atoms with Crippen LogP contribution in [-0.2, 0) is 0 Å². The first-order valence-corrected chi connectivity index (χ1v) is 4.95. The van der Waals surface area contributed by atoms with Crippen LogP contribution in [0.2, 0.25) is 0 Å². The van der Waals surface area contributed by atoms with E-state index >= 15 is 0 Å². The molecule has 0 spiro atoms. The summed E-state index contributed by atoms with van der Waals surface area (Å²) in [6, 6.07) is 3.90. The zero-order chi connectivity index (χ0) is 9.97. The van der Waals surface area contributed by atoms with Gasteiger partial charge >= 0.3 is 0 Å². The molecule has 0 aliphatic heterocycles. The number of thiophene rings is 1. The van der Waals surface area contributed by atoms with E-state index < -0.39 is 0 Å². The second-order valence-electron chi connectivity index (χ2n) is 2.72. The lowest BCUT2D eigenvalue weighted by Gasteiger charge is -1.90. The summed E-state index contributed by atoms with van der Waals surface area (Å²) in [4.78, 5) is 14.2. The lowest BCUT2D eigenvalue weighted by molar-refractivity contribution is 1.44. The number of hydrogen-bond donors (Lipinski definition) is 0. The Morgan fingerprint density at radius 1 is 1.57 bits per heavy atom. The molecular formula is C10H9N3S. The standard InChI is InChI=1S/C10H9N3S/c1-11-6-8-9(12-2)7-4-3-5-13-10(7)14-8/h3-6H,2H2,1H3. The van der Waals surface area contributed by atoms with E-state index in [1.54, 1.807) is 30.8 Å². The van der Waals surface area contributed by atoms with E-state index in [9.17, 15) is 0 Å². The molecule has 0 saturated carbocycles. The highest BCUT2D eigenvalue weighted by Crippen LogP contribution is 2.34. The van der Waals surface area contributed by atoms with Gasteiger partial charge in [-0.2, -0.15) is 0 Å². The highest BCUT2D eigenvalue weighted by molar-refractivity contribution is 7.20. The predicted molar refractivity (Wildman–Crippen MR) is 62.3 cm³/mol. The molecule has 4 heteroatoms. The van der Waals surface area contributed by atoms with E-state index in [1.165, 1.54) is 0 Å². The summed E-state index contributed by atoms with van der Waals surface area (Å²) < 4.78 is 0. The summed E-state index contributed by atoms with van der Waals surface area (Å²) in [6.45, 7) is 3.56. The van der Waals surface area contributed by atoms with Gasteiger partial charge in [0, 0.05) is 24.8 Å². The van der Waals surface area contributed by atoms with Gasteiger partial charge in [0.2, 0.25) is 0 Å². The van der Waals surface area contributed by atoms with Gasteiger partial charge in [-0.3, -0.25) is 9.98 Å². The van der Waals surface area contributed by atoms with Gasteiger partial charge in [-0.15, -0.1) is 11.3 Å². The Morgan fingerprint density at radius 2 is 2.43 bits per heavy atom. The van der Waals surface area contributed by atoms with Gasteiger partial charge in [-0.05, 0) is 18.9 Å². The van der Waals surface area contributed by atoms with Crippen LogP contribution in [0.4, 0.5) is 5.69 Å². The monoisotopic (exact) mass is 203 g/mol. The molecule has 0 bridgehead atoms. The third kappa shape index (κ3) is 1.33. The Kier molecular flexibility index (Phi) is 2.37. The molecule has 2 rings (SSSR count). The van der Waals surface area contributed by atoms with E-state index in [4.69, 9.17) is 0 Å². The van der Waals surface area contributed by atoms with Crippen LogP contribution < -0.4 is 0 Å². The number of aromatic nitrogens is 1. The lowest BCUT2D eigenvalue weighted by atomic mass is 10.3. The van der Waals surface area contributed by atoms with Crippen LogP contribution in [0.15, 0.2) is 28.3 Å². The topological polar surface area (TPSA) is 37.6 Å². The highest BCUT2D eigenvalue weighted by atomic mass is 32.1. The molecule has 0 atom stereocenters. The molecule has 3 nitrogen and oxygen atoms in total. The van der Waals surface area contributed by atoms with Gasteiger partial charge in [0.15, 0.2) is 0 Å². The summed E-state index contributed by atoms with van der Waals surface area (Å²) in [5.41, 5.74) is 0.878. The number of rotatable bonds is 2. The van der Waals surface area contributed by atoms with Crippen molar-refractivity contribution in [3.8, 4) is 0 Å². The Balaban J connectivity index is 2.78. The summed E-state index contributed by atoms with van der Waals surface area (Å²) in [7, 11) is 1.74. The minimum Gasteiger partial charge on any atom is -0.295 e. The smallest absolute Gasteiger partial charge is 0.126 e. The van der Waals surface area contributed by atoms with Crippen molar-refractivity contribution in [1.82, 2.24) is 4.98 Å². The fourth-order valence-electron chi connectivity index (χ4n) is 1.31. The predicted octanol–water partition coefficient (Wildman–Crippen LogP) is 2.68. The molecule has 70 valence electrons. The van der Waals surface area contributed by atoms with E-state index in [1.807, 2.05) is 12.1 Å². The van der Waals surface area contributed by atoms with Crippen LogP contribution in [0.25, 0.3) is 10.2 Å². The number of pyridine rings is 1. The minimum atomic E-state index is 0.878. The maximum absolute atomic E-state index is 4.26. The van der Waals surface area contributed by atoms with Crippen LogP contribution in [0.1, 0.15) is 4.88 Å². The van der Waals surface area contributed by atoms with Crippen LogP contribution in [0.5, 0.6) is 0 Å². The van der Waals surface area contributed by atoms with Crippen molar-refractivity contribution < 1.29 is 0 Å². The first-order valence-electron chi connectivity index (χ1n) is 4.13. The number of nitrogens with zero attached hydrogens (tertiary/aromatic N) is 3. The zero-order valence-corrected chi connectivity index (χ0v) is 8.58. The first-order chi connectivity index (χ1) is 6.86. The maximum Gasteiger partial charge on any atom is 0.126 e. The molecule has 0 aliphatic carbocycles. The summed E-state index contributed by atoms with van der Waals surface area (Å²) in [5, 5.41) is 1.04. The molecule has 0 unspecified atom stereocenters. The van der Waals surface area contributed by atoms with Gasteiger partial charge in [0.05, 0.1) is 10.6 Å². The van der Waals surface area contributed by atoms with Crippen molar-refractivity contribution in [3.05, 3.63) is 23.2 Å². The fourth-order valence-corrected chi connectivity index (χ4v) is 2.33. The lowest BCUT2D eigenvalue weighted by Crippen LogP contribution is -1.72. The fraction of sp³-hybridized carbons (Fsp3) is 0.100. The highest BCUT2D eigenvalue weighted by Gasteiger charge is 2.08. The van der Waals surface area contributed by atoms with Gasteiger partial charge in [0.25, 0.3) is 0 Å². The van der Waals surface area contributed by atoms with E-state index in [2.05, 4.69) is 21.7 Å². The quantitative estimate of drug-likeness (QED) is 0.691. The van der Waals surface area contributed by atoms with E-state index in [0.717, 1.165) is 20.8 Å². The minimum absolute atomic E-state index is 0.878. The largest absolute Gasteiger partial charge is 0.295 e. The third-order valence-corrected chi connectivity index (χ3v) is 2.91. The van der Waals surface area contributed by atoms with Gasteiger partial charge in [-0.1, -0.05) is 0 Å². The van der Waals surface area contributed by atoms with Crippen molar-refractivity contribution in [2.24, 2.45) is 9.98 Å². The van der Waals surface area contributed by atoms with Crippen LogP contribution in [-0.4, -0.2) is 25.0 Å². The second kappa shape index (κ2) is 3.67. The Hall–Kier alpha value is -1.55. The molecule has 2 aromatic rings. The van der Waals surface area contributed by atoms with Crippen molar-refractivity contribution in [2.45, 2.75) is 0 Å². The first kappa shape index (κ1) is 9.02. The molecule has 0 radical (unpaired) electrons. The summed E-state index contributed by atoms with van der Waals surface area (Å²) >= 11 is 1.58. The molecule has 0 N–H and O–H groups in total. The Labute approximate surface area is 85.9 Å². The maximum atomic E-state index is 4.26. The van der Waals surface area contributed by atoms with Crippen LogP contribution >= 0.6 is 11.3 Å². The van der Waals surface area contributed by atoms with Crippen molar-refractivity contribution in [2.75, 3.05) is 7.05 Å². The molecule has 2 aromatic heterocycles. The van der Waals surface area contributed by atoms with Gasteiger partial charge in [0.1, 0.15) is 4.83 Å². The average molecular weight is 203 g/mol. The van der Waals surface area contributed by atoms with Crippen molar-refractivity contribution in [3.63, 3.8) is 0 Å². The molecular weight excluding hydrogens is 194 g/mol. The molecule has 14 heavy (non-hydrogen) atoms. The molecule has 0 amide bonds. The van der Waals surface area contributed by atoms with Crippen LogP contribution in [0.3, 0.4) is 0 Å². The van der Waals surface area contributed by atoms with Crippen molar-refractivity contribution in [1.29, 1.82) is 0 Å². The SMILES string of the molecule is C=Nc1c(C=NC)sc2ncccc12.